The second-order valence-corrected chi connectivity index (χ2v) is 6.53. The number of nitrogens with zero attached hydrogens (tertiary/aromatic N) is 1. The Bertz CT molecular complexity index is 723. The van der Waals surface area contributed by atoms with Crippen LogP contribution in [0.4, 0.5) is 0 Å². The van der Waals surface area contributed by atoms with Crippen LogP contribution >= 0.6 is 11.6 Å². The lowest BCUT2D eigenvalue weighted by atomic mass is 9.91. The maximum Gasteiger partial charge on any atom is 0.186 e. The predicted molar refractivity (Wildman–Crippen MR) is 93.1 cm³/mol. The van der Waals surface area contributed by atoms with E-state index in [0.717, 1.165) is 18.4 Å². The lowest BCUT2D eigenvalue weighted by Gasteiger charge is -2.26. The van der Waals surface area contributed by atoms with Crippen LogP contribution in [0.2, 0.25) is 5.02 Å². The van der Waals surface area contributed by atoms with Crippen LogP contribution in [0.25, 0.3) is 0 Å². The molecule has 2 N–H and O–H groups in total. The van der Waals surface area contributed by atoms with Gasteiger partial charge in [0.1, 0.15) is 0 Å². The van der Waals surface area contributed by atoms with Gasteiger partial charge in [0, 0.05) is 36.5 Å². The fraction of sp³-hybridized carbons (Fsp3) is 0.389. The minimum absolute atomic E-state index is 0.00407. The molecule has 1 aromatic rings. The van der Waals surface area contributed by atoms with Crippen molar-refractivity contribution in [3.05, 3.63) is 52.7 Å². The zero-order chi connectivity index (χ0) is 17.1. The standard InChI is InChI=1S/C18H20ClN3O2/c1-24-18-5-4-13(16(22-18)9-15(20)11-2-3-11)17(23)8-12-6-7-21-10-14(12)19/h4-7,10-11,16,20,22H,2-3,8-9H2,1H3. The highest BCUT2D eigenvalue weighted by Gasteiger charge is 2.31. The van der Waals surface area contributed by atoms with E-state index in [1.807, 2.05) is 0 Å². The van der Waals surface area contributed by atoms with Crippen molar-refractivity contribution in [2.45, 2.75) is 31.7 Å². The molecule has 1 fully saturated rings. The number of ketones is 1. The molecule has 126 valence electrons. The van der Waals surface area contributed by atoms with E-state index < -0.39 is 0 Å². The summed E-state index contributed by atoms with van der Waals surface area (Å²) in [5.41, 5.74) is 2.12. The molecule has 1 aliphatic heterocycles. The highest BCUT2D eigenvalue weighted by atomic mass is 35.5. The predicted octanol–water partition coefficient (Wildman–Crippen LogP) is 3.05. The van der Waals surface area contributed by atoms with Crippen molar-refractivity contribution in [2.24, 2.45) is 5.92 Å². The molecule has 1 aromatic heterocycles. The van der Waals surface area contributed by atoms with Crippen LogP contribution in [0, 0.1) is 11.3 Å². The monoisotopic (exact) mass is 345 g/mol. The number of carbonyl (C=O) groups excluding carboxylic acids is 1. The van der Waals surface area contributed by atoms with Gasteiger partial charge in [0.25, 0.3) is 0 Å². The van der Waals surface area contributed by atoms with Crippen LogP contribution in [0.1, 0.15) is 24.8 Å². The molecule has 1 aliphatic carbocycles. The lowest BCUT2D eigenvalue weighted by Crippen LogP contribution is -2.38. The van der Waals surface area contributed by atoms with Crippen molar-refractivity contribution in [3.63, 3.8) is 0 Å². The summed E-state index contributed by atoms with van der Waals surface area (Å²) in [6.07, 6.45) is 9.61. The summed E-state index contributed by atoms with van der Waals surface area (Å²) in [4.78, 5) is 16.7. The van der Waals surface area contributed by atoms with Gasteiger partial charge in [-0.1, -0.05) is 11.6 Å². The molecule has 0 radical (unpaired) electrons. The lowest BCUT2D eigenvalue weighted by molar-refractivity contribution is -0.115. The van der Waals surface area contributed by atoms with Gasteiger partial charge in [-0.2, -0.15) is 0 Å². The maximum absolute atomic E-state index is 12.8. The number of dihydropyridines is 1. The second-order valence-electron chi connectivity index (χ2n) is 6.12. The van der Waals surface area contributed by atoms with Crippen molar-refractivity contribution in [1.29, 1.82) is 5.41 Å². The topological polar surface area (TPSA) is 75.1 Å². The van der Waals surface area contributed by atoms with Crippen molar-refractivity contribution in [3.8, 4) is 0 Å². The highest BCUT2D eigenvalue weighted by molar-refractivity contribution is 6.31. The summed E-state index contributed by atoms with van der Waals surface area (Å²) >= 11 is 6.11. The Balaban J connectivity index is 1.77. The molecule has 0 saturated heterocycles. The first-order valence-corrected chi connectivity index (χ1v) is 8.37. The molecule has 2 heterocycles. The smallest absolute Gasteiger partial charge is 0.186 e. The molecule has 3 rings (SSSR count). The molecular formula is C18H20ClN3O2. The zero-order valence-corrected chi connectivity index (χ0v) is 14.3. The Morgan fingerprint density at radius 1 is 1.46 bits per heavy atom. The van der Waals surface area contributed by atoms with Crippen LogP contribution in [0.15, 0.2) is 42.1 Å². The van der Waals surface area contributed by atoms with E-state index in [-0.39, 0.29) is 18.2 Å². The number of hydrogen-bond acceptors (Lipinski definition) is 5. The van der Waals surface area contributed by atoms with E-state index in [1.165, 1.54) is 0 Å². The molecule has 24 heavy (non-hydrogen) atoms. The summed E-state index contributed by atoms with van der Waals surface area (Å²) in [6.45, 7) is 0. The summed E-state index contributed by atoms with van der Waals surface area (Å²) in [5.74, 6) is 0.993. The third-order valence-electron chi connectivity index (χ3n) is 4.35. The van der Waals surface area contributed by atoms with E-state index in [4.69, 9.17) is 21.7 Å². The number of aromatic nitrogens is 1. The first-order valence-electron chi connectivity index (χ1n) is 7.99. The molecule has 6 heteroatoms. The number of nitrogens with one attached hydrogen (secondary N) is 2. The molecule has 0 amide bonds. The molecule has 5 nitrogen and oxygen atoms in total. The van der Waals surface area contributed by atoms with Gasteiger partial charge in [-0.05, 0) is 42.5 Å². The van der Waals surface area contributed by atoms with Crippen LogP contribution in [0.5, 0.6) is 0 Å². The van der Waals surface area contributed by atoms with E-state index in [2.05, 4.69) is 10.3 Å². The highest BCUT2D eigenvalue weighted by Crippen LogP contribution is 2.32. The molecule has 1 saturated carbocycles. The van der Waals surface area contributed by atoms with Gasteiger partial charge < -0.3 is 15.5 Å². The van der Waals surface area contributed by atoms with Crippen LogP contribution in [0.3, 0.4) is 0 Å². The Hall–Kier alpha value is -2.14. The third kappa shape index (κ3) is 3.85. The number of halogens is 1. The van der Waals surface area contributed by atoms with Gasteiger partial charge in [-0.3, -0.25) is 9.78 Å². The van der Waals surface area contributed by atoms with Gasteiger partial charge in [0.2, 0.25) is 0 Å². The number of carbonyl (C=O) groups is 1. The van der Waals surface area contributed by atoms with E-state index in [9.17, 15) is 4.79 Å². The molecule has 0 bridgehead atoms. The summed E-state index contributed by atoms with van der Waals surface area (Å²) in [7, 11) is 1.58. The molecular weight excluding hydrogens is 326 g/mol. The Morgan fingerprint density at radius 2 is 2.25 bits per heavy atom. The number of Topliss-reactive ketones (excluding diaryl/α,β-unsaturated/α-hetero) is 1. The van der Waals surface area contributed by atoms with Crippen LogP contribution in [-0.4, -0.2) is 29.6 Å². The van der Waals surface area contributed by atoms with Crippen molar-refractivity contribution in [2.75, 3.05) is 7.11 Å². The summed E-state index contributed by atoms with van der Waals surface area (Å²) in [6, 6.07) is 1.53. The van der Waals surface area contributed by atoms with E-state index in [0.29, 0.717) is 34.5 Å². The SMILES string of the molecule is COC1=CC=C(C(=O)Cc2ccncc2Cl)C(CC(=N)C2CC2)N1. The van der Waals surface area contributed by atoms with Gasteiger partial charge >= 0.3 is 0 Å². The molecule has 2 aliphatic rings. The first-order chi connectivity index (χ1) is 11.6. The van der Waals surface area contributed by atoms with Crippen molar-refractivity contribution >= 4 is 23.1 Å². The molecule has 1 atom stereocenters. The minimum atomic E-state index is -0.230. The molecule has 1 unspecified atom stereocenters. The number of methoxy groups -OCH3 is 1. The first kappa shape index (κ1) is 16.7. The number of allylic oxidation sites excluding steroid dienone is 2. The molecule has 0 spiro atoms. The Kier molecular flexibility index (Phi) is 5.00. The summed E-state index contributed by atoms with van der Waals surface area (Å²) in [5, 5.41) is 11.9. The largest absolute Gasteiger partial charge is 0.483 e. The maximum atomic E-state index is 12.8. The van der Waals surface area contributed by atoms with Crippen LogP contribution in [-0.2, 0) is 16.0 Å². The fourth-order valence-corrected chi connectivity index (χ4v) is 2.98. The Morgan fingerprint density at radius 3 is 2.92 bits per heavy atom. The number of hydrogen-bond donors (Lipinski definition) is 2. The summed E-state index contributed by atoms with van der Waals surface area (Å²) < 4.78 is 5.24. The average molecular weight is 346 g/mol. The fourth-order valence-electron chi connectivity index (χ4n) is 2.80. The quantitative estimate of drug-likeness (QED) is 0.745. The zero-order valence-electron chi connectivity index (χ0n) is 13.5. The van der Waals surface area contributed by atoms with Crippen molar-refractivity contribution < 1.29 is 9.53 Å². The third-order valence-corrected chi connectivity index (χ3v) is 4.69. The number of ether oxygens (including phenoxy) is 1. The average Bonchev–Trinajstić information content (AvgIpc) is 3.41. The Labute approximate surface area is 146 Å². The van der Waals surface area contributed by atoms with E-state index >= 15 is 0 Å². The van der Waals surface area contributed by atoms with Gasteiger partial charge in [0.15, 0.2) is 11.7 Å². The normalized spacial score (nSPS) is 19.8. The van der Waals surface area contributed by atoms with Crippen LogP contribution < -0.4 is 5.32 Å². The second kappa shape index (κ2) is 7.18. The number of pyridine rings is 1. The van der Waals surface area contributed by atoms with Gasteiger partial charge in [-0.15, -0.1) is 0 Å². The van der Waals surface area contributed by atoms with E-state index in [1.54, 1.807) is 37.7 Å². The molecule has 0 aromatic carbocycles. The minimum Gasteiger partial charge on any atom is -0.483 e. The van der Waals surface area contributed by atoms with Gasteiger partial charge in [-0.25, -0.2) is 0 Å². The van der Waals surface area contributed by atoms with Gasteiger partial charge in [0.05, 0.1) is 18.2 Å². The number of rotatable bonds is 7. The van der Waals surface area contributed by atoms with Crippen molar-refractivity contribution in [1.82, 2.24) is 10.3 Å².